The summed E-state index contributed by atoms with van der Waals surface area (Å²) in [5.41, 5.74) is 2.26. The Morgan fingerprint density at radius 1 is 0.840 bits per heavy atom. The number of phenolic OH excluding ortho intramolecular Hbond substituents is 4. The molecule has 7 aliphatic rings. The third kappa shape index (κ3) is 13.4. The molecule has 4 aromatic rings. The van der Waals surface area contributed by atoms with Crippen molar-refractivity contribution in [1.29, 1.82) is 0 Å². The molecule has 4 aromatic carbocycles. The predicted octanol–water partition coefficient (Wildman–Crippen LogP) is 4.75. The minimum absolute atomic E-state index is 0.0173. The van der Waals surface area contributed by atoms with Crippen molar-refractivity contribution in [3.8, 4) is 34.5 Å². The zero-order valence-corrected chi connectivity index (χ0v) is 58.3. The second-order valence-corrected chi connectivity index (χ2v) is 28.1. The van der Waals surface area contributed by atoms with E-state index in [1.54, 1.807) is 72.8 Å². The fraction of sp³-hybridized carbons (Fsp3) is 0.534. The van der Waals surface area contributed by atoms with Gasteiger partial charge in [0.05, 0.1) is 83.3 Å². The number of carbonyl (C=O) groups excluding carboxylic acids is 6. The molecule has 540 valence electrons. The first-order chi connectivity index (χ1) is 47.1. The second-order valence-electron chi connectivity index (χ2n) is 28.1. The maximum Gasteiger partial charge on any atom is 0.312 e. The third-order valence-corrected chi connectivity index (χ3v) is 20.7. The Morgan fingerprint density at radius 2 is 1.52 bits per heavy atom. The molecule has 5 aliphatic heterocycles. The van der Waals surface area contributed by atoms with Crippen LogP contribution < -0.4 is 31.2 Å². The van der Waals surface area contributed by atoms with Crippen LogP contribution in [0.25, 0.3) is 10.8 Å². The van der Waals surface area contributed by atoms with Gasteiger partial charge in [-0.2, -0.15) is 0 Å². The van der Waals surface area contributed by atoms with Crippen LogP contribution in [0, 0.1) is 36.5 Å². The Hall–Kier alpha value is -8.22. The molecular weight excluding hydrogens is 1300 g/mol. The molecular formula is C73H91N5O22. The summed E-state index contributed by atoms with van der Waals surface area (Å²) in [6.45, 7) is 20.1. The molecule has 0 unspecified atom stereocenters. The van der Waals surface area contributed by atoms with Gasteiger partial charge in [-0.1, -0.05) is 71.9 Å². The fourth-order valence-electron chi connectivity index (χ4n) is 15.0. The number of nitrogens with one attached hydrogen (secondary N) is 1. The van der Waals surface area contributed by atoms with E-state index < -0.39 is 179 Å². The molecule has 11 rings (SSSR count). The van der Waals surface area contributed by atoms with E-state index in [9.17, 15) is 74.7 Å². The van der Waals surface area contributed by atoms with Gasteiger partial charge >= 0.3 is 11.8 Å². The first-order valence-corrected chi connectivity index (χ1v) is 33.6. The Kier molecular flexibility index (Phi) is 21.3. The Balaban J connectivity index is 0.000000238. The number of esters is 1. The van der Waals surface area contributed by atoms with Gasteiger partial charge in [0.1, 0.15) is 63.4 Å². The van der Waals surface area contributed by atoms with Gasteiger partial charge in [0.2, 0.25) is 5.78 Å². The van der Waals surface area contributed by atoms with Crippen molar-refractivity contribution in [3.05, 3.63) is 110 Å². The SMILES string of the molecule is CO[C@H]1/C=C/O[C@@]2(C)Oc3c(C)c(O)c4c(O)c(c5c(c4c3C2=O)NC2(CCN(CC(C)C)CC2)N=5)=NC(=O)/C(C)=C\C=C\[C@H](C)[C@H](O)[C@@H](C)[C@@H](O)[C@@H](C)[C@H](OC(C)=O)[C@@H]1C.COc1cccc2c1C(=O)c1c(O)c3c(c(O)c1C2=O)C[C@@](O)(C(=O)CO)C[C@@H]3O[C@H]1C[C@H](N)[C@H](O)[C@H](C)O1. The number of Topliss-reactive ketones (excluding diaryl/α,β-unsaturated/α-hetero) is 2. The molecule has 27 nitrogen and oxygen atoms in total. The Labute approximate surface area is 577 Å². The molecule has 2 saturated heterocycles. The van der Waals surface area contributed by atoms with E-state index in [4.69, 9.17) is 43.9 Å². The molecule has 15 atom stereocenters. The lowest BCUT2D eigenvalue weighted by molar-refractivity contribution is -0.247. The number of likely N-dealkylation sites (tertiary alicyclic amines) is 1. The zero-order chi connectivity index (χ0) is 73.3. The number of ether oxygens (including phenoxy) is 7. The number of benzene rings is 4. The first kappa shape index (κ1) is 74.5. The Bertz CT molecular complexity index is 4190. The number of nitrogens with two attached hydrogens (primary N) is 1. The number of aliphatic hydroxyl groups excluding tert-OH is 4. The molecule has 12 N–H and O–H groups in total. The highest BCUT2D eigenvalue weighted by Gasteiger charge is 2.53. The standard InChI is InChI=1S/C46H62N4O11.C27H29NO11/c1-22(2)21-50-18-16-46(17-19-50)48-34-31-32-39(54)28(8)42-33(31)43(56)45(10,61-42)59-20-15-30(58-11)25(5)41(60-29(9)51)27(7)38(53)26(6)37(52)23(3)13-12-14-24(4)44(57)47-36(40(32)55)35(34)49-46;1-10-22(31)13(28)6-17(38-10)39-15-8-27(36,16(30)9-29)7-12-19(15)26(35)21-20(24(12)33)23(32)11-4-3-5-14(37-2)18(11)25(21)34/h12-15,20,22-23,25-27,30,37-38,41,48,52-55H,16-19,21H2,1-11H3;3-5,10,13,15,17,22,29,31,33,35-36H,6-9,28H2,1-2H3/b13-12+,20-15+,24-14-,47-36?;/t23-,25+,26+,27+,30-,37-,38+,41+,45-;10-,13-,15-,17-,22+,27-/m00/s1. The van der Waals surface area contributed by atoms with Crippen molar-refractivity contribution in [1.82, 2.24) is 4.90 Å². The van der Waals surface area contributed by atoms with Crippen molar-refractivity contribution < 1.29 is 108 Å². The van der Waals surface area contributed by atoms with Crippen molar-refractivity contribution in [2.45, 2.75) is 180 Å². The lowest BCUT2D eigenvalue weighted by Crippen LogP contribution is -2.53. The van der Waals surface area contributed by atoms with Crippen LogP contribution in [0.5, 0.6) is 34.5 Å². The number of carbonyl (C=O) groups is 6. The van der Waals surface area contributed by atoms with Gasteiger partial charge in [-0.25, -0.2) is 4.99 Å². The van der Waals surface area contributed by atoms with Gasteiger partial charge in [0.15, 0.2) is 23.6 Å². The molecule has 2 fully saturated rings. The van der Waals surface area contributed by atoms with Crippen LogP contribution in [-0.4, -0.2) is 192 Å². The van der Waals surface area contributed by atoms with Crippen LogP contribution in [0.3, 0.4) is 0 Å². The predicted molar refractivity (Wildman–Crippen MR) is 359 cm³/mol. The van der Waals surface area contributed by atoms with E-state index in [-0.39, 0.29) is 84.1 Å². The van der Waals surface area contributed by atoms with Gasteiger partial charge < -0.3 is 95.1 Å². The van der Waals surface area contributed by atoms with Crippen LogP contribution >= 0.6 is 0 Å². The van der Waals surface area contributed by atoms with Crippen molar-refractivity contribution in [2.75, 3.05) is 45.8 Å². The first-order valence-electron chi connectivity index (χ1n) is 33.6. The summed E-state index contributed by atoms with van der Waals surface area (Å²) in [5, 5.41) is 104. The summed E-state index contributed by atoms with van der Waals surface area (Å²) in [7, 11) is 2.79. The number of aliphatic hydroxyl groups is 5. The highest BCUT2D eigenvalue weighted by atomic mass is 16.7. The van der Waals surface area contributed by atoms with Gasteiger partial charge in [-0.15, -0.1) is 0 Å². The van der Waals surface area contributed by atoms with Crippen LogP contribution in [-0.2, 0) is 44.5 Å². The topological polar surface area (TPSA) is 415 Å². The van der Waals surface area contributed by atoms with Crippen molar-refractivity contribution in [2.24, 2.45) is 45.3 Å². The second kappa shape index (κ2) is 28.7. The minimum atomic E-state index is -2.24. The summed E-state index contributed by atoms with van der Waals surface area (Å²) < 4.78 is 41.0. The number of phenols is 4. The van der Waals surface area contributed by atoms with E-state index >= 15 is 0 Å². The lowest BCUT2D eigenvalue weighted by atomic mass is 9.72. The number of hydrogen-bond donors (Lipinski definition) is 11. The van der Waals surface area contributed by atoms with E-state index in [0.29, 0.717) is 24.4 Å². The lowest BCUT2D eigenvalue weighted by Gasteiger charge is -2.42. The number of ketones is 4. The monoisotopic (exact) mass is 1390 g/mol. The highest BCUT2D eigenvalue weighted by molar-refractivity contribution is 6.31. The number of aromatic hydroxyl groups is 4. The number of methoxy groups -OCH3 is 2. The number of nitrogens with zero attached hydrogens (tertiary/aromatic N) is 3. The minimum Gasteiger partial charge on any atom is -0.507 e. The van der Waals surface area contributed by atoms with Crippen molar-refractivity contribution in [3.63, 3.8) is 0 Å². The van der Waals surface area contributed by atoms with Crippen LogP contribution in [0.2, 0.25) is 0 Å². The number of anilines is 1. The van der Waals surface area contributed by atoms with E-state index in [1.807, 2.05) is 0 Å². The fourth-order valence-corrected chi connectivity index (χ4v) is 15.0. The van der Waals surface area contributed by atoms with Gasteiger partial charge in [0.25, 0.3) is 11.7 Å². The summed E-state index contributed by atoms with van der Waals surface area (Å²) in [6, 6.07) is 3.64. The molecule has 1 amide bonds. The number of piperidine rings is 1. The maximum absolute atomic E-state index is 14.7. The average molecular weight is 1390 g/mol. The van der Waals surface area contributed by atoms with Gasteiger partial charge in [-0.05, 0) is 38.8 Å². The van der Waals surface area contributed by atoms with Crippen LogP contribution in [0.1, 0.15) is 160 Å². The Morgan fingerprint density at radius 3 is 2.15 bits per heavy atom. The summed E-state index contributed by atoms with van der Waals surface area (Å²) in [6.07, 6.45) is -0.0506. The van der Waals surface area contributed by atoms with Crippen LogP contribution in [0.15, 0.2) is 64.3 Å². The van der Waals surface area contributed by atoms with E-state index in [2.05, 4.69) is 29.1 Å². The molecule has 2 aliphatic carbocycles. The molecule has 0 aromatic heterocycles. The van der Waals surface area contributed by atoms with E-state index in [1.165, 1.54) is 52.5 Å². The summed E-state index contributed by atoms with van der Waals surface area (Å²) >= 11 is 0. The molecule has 4 bridgehead atoms. The normalized spacial score (nSPS) is 31.6. The molecule has 27 heteroatoms. The van der Waals surface area contributed by atoms with Crippen molar-refractivity contribution >= 4 is 51.5 Å². The number of rotatable bonds is 9. The molecule has 100 heavy (non-hydrogen) atoms. The molecule has 5 heterocycles. The molecule has 0 saturated carbocycles. The smallest absolute Gasteiger partial charge is 0.312 e. The molecule has 0 radical (unpaired) electrons. The summed E-state index contributed by atoms with van der Waals surface area (Å²) in [5.74, 6) is -10.3. The highest BCUT2D eigenvalue weighted by Crippen LogP contribution is 2.54. The van der Waals surface area contributed by atoms with Gasteiger partial charge in [-0.3, -0.25) is 33.8 Å². The zero-order valence-electron chi connectivity index (χ0n) is 58.3. The third-order valence-electron chi connectivity index (χ3n) is 20.7. The largest absolute Gasteiger partial charge is 0.507 e. The quantitative estimate of drug-likeness (QED) is 0.0700. The van der Waals surface area contributed by atoms with E-state index in [0.717, 1.165) is 19.6 Å². The molecule has 1 spiro atoms. The number of hydrogen-bond acceptors (Lipinski definition) is 26. The average Bonchev–Trinajstić information content (AvgIpc) is 1.44. The number of fused-ring (bicyclic) bond motifs is 4. The number of allylic oxidation sites excluding steroid dienone is 2. The van der Waals surface area contributed by atoms with Crippen LogP contribution in [0.4, 0.5) is 5.69 Å². The number of amides is 1. The maximum atomic E-state index is 14.7. The summed E-state index contributed by atoms with van der Waals surface area (Å²) in [4.78, 5) is 92.6. The van der Waals surface area contributed by atoms with Gasteiger partial charge in [0, 0.05) is 136 Å².